The van der Waals surface area contributed by atoms with E-state index in [1.54, 1.807) is 54.6 Å². The Morgan fingerprint density at radius 2 is 1.27 bits per heavy atom. The highest BCUT2D eigenvalue weighted by molar-refractivity contribution is 7.93. The lowest BCUT2D eigenvalue weighted by Crippen LogP contribution is -2.38. The van der Waals surface area contributed by atoms with Gasteiger partial charge in [0.05, 0.1) is 28.3 Å². The molecule has 41 heavy (non-hydrogen) atoms. The summed E-state index contributed by atoms with van der Waals surface area (Å²) in [5.74, 6) is -0.221. The number of carbonyl (C=O) groups is 1. The lowest BCUT2D eigenvalue weighted by atomic mass is 10.2. The van der Waals surface area contributed by atoms with E-state index in [-0.39, 0.29) is 9.79 Å². The number of rotatable bonds is 10. The smallest absolute Gasteiger partial charge is 0.264 e. The fourth-order valence-electron chi connectivity index (χ4n) is 4.02. The summed E-state index contributed by atoms with van der Waals surface area (Å²) in [7, 11) is -6.56. The first kappa shape index (κ1) is 29.6. The molecule has 0 spiro atoms. The fraction of sp³-hybridized carbons (Fsp3) is 0.167. The molecule has 2 N–H and O–H groups in total. The lowest BCUT2D eigenvalue weighted by Gasteiger charge is -2.24. The van der Waals surface area contributed by atoms with Gasteiger partial charge in [0.15, 0.2) is 0 Å². The molecule has 4 aromatic rings. The van der Waals surface area contributed by atoms with E-state index in [1.165, 1.54) is 43.5 Å². The van der Waals surface area contributed by atoms with Gasteiger partial charge < -0.3 is 10.1 Å². The Labute approximate surface area is 240 Å². The van der Waals surface area contributed by atoms with Crippen molar-refractivity contribution in [2.24, 2.45) is 0 Å². The van der Waals surface area contributed by atoms with Crippen molar-refractivity contribution in [1.82, 2.24) is 0 Å². The molecule has 0 aliphatic carbocycles. The van der Waals surface area contributed by atoms with Crippen LogP contribution in [0, 0.1) is 20.8 Å². The van der Waals surface area contributed by atoms with Crippen LogP contribution in [0.5, 0.6) is 5.75 Å². The Balaban J connectivity index is 1.53. The van der Waals surface area contributed by atoms with Crippen LogP contribution < -0.4 is 19.1 Å². The topological polar surface area (TPSA) is 122 Å². The predicted molar refractivity (Wildman–Crippen MR) is 161 cm³/mol. The van der Waals surface area contributed by atoms with Crippen LogP contribution in [0.25, 0.3) is 0 Å². The van der Waals surface area contributed by atoms with Crippen LogP contribution in [0.15, 0.2) is 101 Å². The molecular formula is C30H31N3O6S2. The Kier molecular flexibility index (Phi) is 8.69. The van der Waals surface area contributed by atoms with Crippen LogP contribution >= 0.6 is 0 Å². The van der Waals surface area contributed by atoms with Gasteiger partial charge in [0.25, 0.3) is 20.0 Å². The molecule has 1 amide bonds. The van der Waals surface area contributed by atoms with Gasteiger partial charge in [-0.3, -0.25) is 13.8 Å². The number of amides is 1. The number of nitrogens with one attached hydrogen (secondary N) is 2. The lowest BCUT2D eigenvalue weighted by molar-refractivity contribution is -0.114. The molecule has 4 rings (SSSR count). The van der Waals surface area contributed by atoms with Crippen LogP contribution in [0.2, 0.25) is 0 Å². The number of carbonyl (C=O) groups excluding carboxylic acids is 1. The molecule has 11 heteroatoms. The molecule has 0 radical (unpaired) electrons. The number of methoxy groups -OCH3 is 1. The average molecular weight is 594 g/mol. The Hall–Kier alpha value is -4.35. The minimum atomic E-state index is -4.06. The van der Waals surface area contributed by atoms with Crippen LogP contribution in [0.1, 0.15) is 16.7 Å². The third-order valence-corrected chi connectivity index (χ3v) is 9.44. The number of benzene rings is 4. The second kappa shape index (κ2) is 12.0. The van der Waals surface area contributed by atoms with E-state index in [0.29, 0.717) is 22.8 Å². The summed E-state index contributed by atoms with van der Waals surface area (Å²) in [6.07, 6.45) is 0. The summed E-state index contributed by atoms with van der Waals surface area (Å²) in [4.78, 5) is 13.1. The van der Waals surface area contributed by atoms with Gasteiger partial charge in [0, 0.05) is 5.69 Å². The van der Waals surface area contributed by atoms with E-state index >= 15 is 0 Å². The van der Waals surface area contributed by atoms with E-state index in [0.717, 1.165) is 21.0 Å². The number of sulfonamides is 2. The first-order valence-electron chi connectivity index (χ1n) is 12.6. The molecule has 0 fully saturated rings. The van der Waals surface area contributed by atoms with Crippen molar-refractivity contribution in [1.29, 1.82) is 0 Å². The Morgan fingerprint density at radius 1 is 0.732 bits per heavy atom. The quantitative estimate of drug-likeness (QED) is 0.259. The molecule has 0 bridgehead atoms. The summed E-state index contributed by atoms with van der Waals surface area (Å²) < 4.78 is 61.9. The number of aryl methyl sites for hydroxylation is 3. The molecule has 0 aromatic heterocycles. The minimum absolute atomic E-state index is 0.0257. The molecule has 0 heterocycles. The molecule has 0 atom stereocenters. The van der Waals surface area contributed by atoms with Crippen molar-refractivity contribution in [3.63, 3.8) is 0 Å². The molecule has 0 aliphatic heterocycles. The van der Waals surface area contributed by atoms with Gasteiger partial charge in [-0.1, -0.05) is 41.5 Å². The van der Waals surface area contributed by atoms with Gasteiger partial charge in [0.1, 0.15) is 12.3 Å². The molecule has 0 unspecified atom stereocenters. The molecule has 0 aliphatic rings. The molecule has 0 saturated carbocycles. The van der Waals surface area contributed by atoms with Crippen molar-refractivity contribution in [2.75, 3.05) is 28.0 Å². The summed E-state index contributed by atoms with van der Waals surface area (Å²) in [6, 6.07) is 23.9. The monoisotopic (exact) mass is 593 g/mol. The number of ether oxygens (including phenoxy) is 1. The van der Waals surface area contributed by atoms with E-state index in [4.69, 9.17) is 4.74 Å². The van der Waals surface area contributed by atoms with Crippen LogP contribution in [-0.2, 0) is 24.8 Å². The van der Waals surface area contributed by atoms with E-state index < -0.39 is 32.5 Å². The zero-order valence-corrected chi connectivity index (χ0v) is 24.7. The van der Waals surface area contributed by atoms with Crippen molar-refractivity contribution < 1.29 is 26.4 Å². The molecule has 214 valence electrons. The van der Waals surface area contributed by atoms with E-state index in [1.807, 2.05) is 20.8 Å². The summed E-state index contributed by atoms with van der Waals surface area (Å²) in [5.41, 5.74) is 3.64. The number of hydrogen-bond donors (Lipinski definition) is 2. The van der Waals surface area contributed by atoms with Crippen molar-refractivity contribution in [3.05, 3.63) is 108 Å². The highest BCUT2D eigenvalue weighted by Crippen LogP contribution is 2.28. The molecule has 9 nitrogen and oxygen atoms in total. The minimum Gasteiger partial charge on any atom is -0.495 e. The van der Waals surface area contributed by atoms with Gasteiger partial charge in [0.2, 0.25) is 5.91 Å². The third-order valence-electron chi connectivity index (χ3n) is 6.27. The SMILES string of the molecule is COc1ccc(C)cc1NS(=O)(=O)c1ccc(NC(=O)CN(c2ccc(C)cc2)S(=O)(=O)c2ccc(C)cc2)cc1. The second-order valence-electron chi connectivity index (χ2n) is 9.54. The van der Waals surface area contributed by atoms with Crippen LogP contribution in [0.3, 0.4) is 0 Å². The zero-order chi connectivity index (χ0) is 29.8. The van der Waals surface area contributed by atoms with Gasteiger partial charge in [-0.15, -0.1) is 0 Å². The largest absolute Gasteiger partial charge is 0.495 e. The Bertz CT molecular complexity index is 1750. The average Bonchev–Trinajstić information content (AvgIpc) is 2.93. The molecule has 4 aromatic carbocycles. The number of nitrogens with zero attached hydrogens (tertiary/aromatic N) is 1. The van der Waals surface area contributed by atoms with Crippen molar-refractivity contribution >= 4 is 43.0 Å². The van der Waals surface area contributed by atoms with Crippen molar-refractivity contribution in [3.8, 4) is 5.75 Å². The van der Waals surface area contributed by atoms with Crippen LogP contribution in [0.4, 0.5) is 17.1 Å². The first-order valence-corrected chi connectivity index (χ1v) is 15.5. The highest BCUT2D eigenvalue weighted by Gasteiger charge is 2.27. The van der Waals surface area contributed by atoms with Gasteiger partial charge in [-0.2, -0.15) is 0 Å². The maximum Gasteiger partial charge on any atom is 0.264 e. The Morgan fingerprint density at radius 3 is 1.85 bits per heavy atom. The fourth-order valence-corrected chi connectivity index (χ4v) is 6.50. The van der Waals surface area contributed by atoms with Crippen molar-refractivity contribution in [2.45, 2.75) is 30.6 Å². The predicted octanol–water partition coefficient (Wildman–Crippen LogP) is 5.26. The van der Waals surface area contributed by atoms with E-state index in [2.05, 4.69) is 10.0 Å². The summed E-state index contributed by atoms with van der Waals surface area (Å²) in [5, 5.41) is 2.66. The zero-order valence-electron chi connectivity index (χ0n) is 23.1. The number of anilines is 3. The third kappa shape index (κ3) is 7.05. The summed E-state index contributed by atoms with van der Waals surface area (Å²) >= 11 is 0. The first-order chi connectivity index (χ1) is 19.4. The maximum absolute atomic E-state index is 13.6. The van der Waals surface area contributed by atoms with E-state index in [9.17, 15) is 21.6 Å². The van der Waals surface area contributed by atoms with Gasteiger partial charge >= 0.3 is 0 Å². The summed E-state index contributed by atoms with van der Waals surface area (Å²) in [6.45, 7) is 5.08. The van der Waals surface area contributed by atoms with Crippen LogP contribution in [-0.4, -0.2) is 36.4 Å². The second-order valence-corrected chi connectivity index (χ2v) is 13.1. The highest BCUT2D eigenvalue weighted by atomic mass is 32.2. The normalized spacial score (nSPS) is 11.5. The van der Waals surface area contributed by atoms with Gasteiger partial charge in [-0.25, -0.2) is 16.8 Å². The maximum atomic E-state index is 13.6. The van der Waals surface area contributed by atoms with Gasteiger partial charge in [-0.05, 0) is 87.0 Å². The molecule has 0 saturated heterocycles. The standard InChI is InChI=1S/C30H31N3O6S2/c1-21-5-12-25(13-6-21)33(41(37,38)27-14-7-22(2)8-15-27)20-30(34)31-24-10-16-26(17-11-24)40(35,36)32-28-19-23(3)9-18-29(28)39-4/h5-19,32H,20H2,1-4H3,(H,31,34). The molecular weight excluding hydrogens is 562 g/mol. The number of hydrogen-bond acceptors (Lipinski definition) is 6.